The number of hydrogen-bond donors (Lipinski definition) is 1. The summed E-state index contributed by atoms with van der Waals surface area (Å²) < 4.78 is 5.25. The molecule has 1 rings (SSSR count). The first-order chi connectivity index (χ1) is 6.69. The zero-order valence-electron chi connectivity index (χ0n) is 9.29. The summed E-state index contributed by atoms with van der Waals surface area (Å²) in [5.74, 6) is 0.887. The molecule has 0 saturated carbocycles. The van der Waals surface area contributed by atoms with E-state index in [-0.39, 0.29) is 0 Å². The number of hydrogen-bond acceptors (Lipinski definition) is 3. The van der Waals surface area contributed by atoms with Gasteiger partial charge in [0.1, 0.15) is 5.75 Å². The van der Waals surface area contributed by atoms with Crippen LogP contribution in [0.5, 0.6) is 5.75 Å². The van der Waals surface area contributed by atoms with Crippen molar-refractivity contribution in [1.29, 1.82) is 0 Å². The minimum atomic E-state index is 0.887. The lowest BCUT2D eigenvalue weighted by molar-refractivity contribution is 0.416. The van der Waals surface area contributed by atoms with Crippen molar-refractivity contribution in [2.24, 2.45) is 0 Å². The molecular weight excluding hydrogens is 176 g/mol. The zero-order chi connectivity index (χ0) is 10.6. The maximum Gasteiger partial charge on any atom is 0.142 e. The maximum atomic E-state index is 5.25. The average Bonchev–Trinajstić information content (AvgIpc) is 2.18. The SMILES string of the molecule is CCNc1cc(N(C)C)ccc1OC. The maximum absolute atomic E-state index is 5.25. The predicted molar refractivity (Wildman–Crippen MR) is 61.5 cm³/mol. The summed E-state index contributed by atoms with van der Waals surface area (Å²) in [7, 11) is 5.74. The summed E-state index contributed by atoms with van der Waals surface area (Å²) in [5.41, 5.74) is 2.21. The van der Waals surface area contributed by atoms with E-state index in [0.717, 1.165) is 18.0 Å². The summed E-state index contributed by atoms with van der Waals surface area (Å²) in [4.78, 5) is 2.07. The fourth-order valence-electron chi connectivity index (χ4n) is 1.30. The highest BCUT2D eigenvalue weighted by Gasteiger charge is 2.03. The number of rotatable bonds is 4. The van der Waals surface area contributed by atoms with E-state index in [1.165, 1.54) is 5.69 Å². The van der Waals surface area contributed by atoms with E-state index in [1.54, 1.807) is 7.11 Å². The third-order valence-corrected chi connectivity index (χ3v) is 2.07. The smallest absolute Gasteiger partial charge is 0.142 e. The van der Waals surface area contributed by atoms with Crippen LogP contribution in [0, 0.1) is 0 Å². The van der Waals surface area contributed by atoms with Gasteiger partial charge < -0.3 is 15.0 Å². The van der Waals surface area contributed by atoms with E-state index in [1.807, 2.05) is 26.2 Å². The van der Waals surface area contributed by atoms with Crippen LogP contribution in [0.4, 0.5) is 11.4 Å². The van der Waals surface area contributed by atoms with Crippen molar-refractivity contribution in [2.75, 3.05) is 38.0 Å². The van der Waals surface area contributed by atoms with Crippen molar-refractivity contribution in [1.82, 2.24) is 0 Å². The molecule has 1 aromatic rings. The fourth-order valence-corrected chi connectivity index (χ4v) is 1.30. The van der Waals surface area contributed by atoms with Crippen LogP contribution in [-0.2, 0) is 0 Å². The van der Waals surface area contributed by atoms with Crippen molar-refractivity contribution < 1.29 is 4.74 Å². The molecular formula is C11H18N2O. The highest BCUT2D eigenvalue weighted by atomic mass is 16.5. The minimum Gasteiger partial charge on any atom is -0.495 e. The van der Waals surface area contributed by atoms with Crippen LogP contribution in [0.3, 0.4) is 0 Å². The van der Waals surface area contributed by atoms with Gasteiger partial charge in [-0.2, -0.15) is 0 Å². The van der Waals surface area contributed by atoms with E-state index in [0.29, 0.717) is 0 Å². The summed E-state index contributed by atoms with van der Waals surface area (Å²) in [6, 6.07) is 6.11. The standard InChI is InChI=1S/C11H18N2O/c1-5-12-10-8-9(13(2)3)6-7-11(10)14-4/h6-8,12H,5H2,1-4H3. The van der Waals surface area contributed by atoms with Gasteiger partial charge in [-0.05, 0) is 25.1 Å². The molecule has 0 unspecified atom stereocenters. The van der Waals surface area contributed by atoms with Gasteiger partial charge in [0.05, 0.1) is 12.8 Å². The first-order valence-corrected chi connectivity index (χ1v) is 4.78. The molecule has 0 amide bonds. The topological polar surface area (TPSA) is 24.5 Å². The monoisotopic (exact) mass is 194 g/mol. The molecule has 0 aliphatic heterocycles. The Morgan fingerprint density at radius 2 is 2.07 bits per heavy atom. The molecule has 3 heteroatoms. The van der Waals surface area contributed by atoms with Gasteiger partial charge in [0, 0.05) is 26.3 Å². The van der Waals surface area contributed by atoms with Gasteiger partial charge in [-0.15, -0.1) is 0 Å². The van der Waals surface area contributed by atoms with Crippen molar-refractivity contribution in [3.8, 4) is 5.75 Å². The quantitative estimate of drug-likeness (QED) is 0.795. The van der Waals surface area contributed by atoms with Crippen molar-refractivity contribution in [3.63, 3.8) is 0 Å². The van der Waals surface area contributed by atoms with E-state index in [4.69, 9.17) is 4.74 Å². The van der Waals surface area contributed by atoms with Gasteiger partial charge in [0.15, 0.2) is 0 Å². The lowest BCUT2D eigenvalue weighted by atomic mass is 10.2. The lowest BCUT2D eigenvalue weighted by Gasteiger charge is -2.16. The molecule has 0 aromatic heterocycles. The second-order valence-electron chi connectivity index (χ2n) is 3.31. The minimum absolute atomic E-state index is 0.887. The Hall–Kier alpha value is -1.38. The first kappa shape index (κ1) is 10.7. The number of anilines is 2. The Morgan fingerprint density at radius 1 is 1.36 bits per heavy atom. The van der Waals surface area contributed by atoms with E-state index < -0.39 is 0 Å². The highest BCUT2D eigenvalue weighted by Crippen LogP contribution is 2.28. The molecule has 14 heavy (non-hydrogen) atoms. The van der Waals surface area contributed by atoms with Gasteiger partial charge in [-0.3, -0.25) is 0 Å². The second-order valence-corrected chi connectivity index (χ2v) is 3.31. The first-order valence-electron chi connectivity index (χ1n) is 4.78. The van der Waals surface area contributed by atoms with E-state index >= 15 is 0 Å². The average molecular weight is 194 g/mol. The van der Waals surface area contributed by atoms with Crippen LogP contribution in [0.25, 0.3) is 0 Å². The van der Waals surface area contributed by atoms with Gasteiger partial charge >= 0.3 is 0 Å². The summed E-state index contributed by atoms with van der Waals surface area (Å²) in [5, 5.41) is 3.27. The Labute approximate surface area is 85.7 Å². The Kier molecular flexibility index (Phi) is 3.63. The molecule has 0 radical (unpaired) electrons. The molecule has 78 valence electrons. The van der Waals surface area contributed by atoms with Gasteiger partial charge in [-0.1, -0.05) is 0 Å². The summed E-state index contributed by atoms with van der Waals surface area (Å²) in [6.07, 6.45) is 0. The summed E-state index contributed by atoms with van der Waals surface area (Å²) >= 11 is 0. The normalized spacial score (nSPS) is 9.71. The third kappa shape index (κ3) is 2.31. The zero-order valence-corrected chi connectivity index (χ0v) is 9.29. The molecule has 1 aromatic carbocycles. The van der Waals surface area contributed by atoms with Crippen LogP contribution in [0.2, 0.25) is 0 Å². The molecule has 0 heterocycles. The molecule has 0 spiro atoms. The molecule has 3 nitrogen and oxygen atoms in total. The van der Waals surface area contributed by atoms with Crippen molar-refractivity contribution >= 4 is 11.4 Å². The second kappa shape index (κ2) is 4.74. The van der Waals surface area contributed by atoms with Crippen LogP contribution in [0.15, 0.2) is 18.2 Å². The number of nitrogens with one attached hydrogen (secondary N) is 1. The molecule has 0 aliphatic rings. The number of nitrogens with zero attached hydrogens (tertiary/aromatic N) is 1. The molecule has 0 bridgehead atoms. The van der Waals surface area contributed by atoms with Crippen LogP contribution < -0.4 is 15.0 Å². The Morgan fingerprint density at radius 3 is 2.57 bits per heavy atom. The lowest BCUT2D eigenvalue weighted by Crippen LogP contribution is -2.09. The van der Waals surface area contributed by atoms with E-state index in [9.17, 15) is 0 Å². The number of benzene rings is 1. The van der Waals surface area contributed by atoms with Gasteiger partial charge in [-0.25, -0.2) is 0 Å². The largest absolute Gasteiger partial charge is 0.495 e. The fraction of sp³-hybridized carbons (Fsp3) is 0.455. The number of methoxy groups -OCH3 is 1. The molecule has 0 atom stereocenters. The van der Waals surface area contributed by atoms with Crippen LogP contribution in [-0.4, -0.2) is 27.7 Å². The summed E-state index contributed by atoms with van der Waals surface area (Å²) in [6.45, 7) is 2.97. The molecule has 0 fully saturated rings. The van der Waals surface area contributed by atoms with Crippen LogP contribution >= 0.6 is 0 Å². The predicted octanol–water partition coefficient (Wildman–Crippen LogP) is 2.19. The van der Waals surface area contributed by atoms with Crippen molar-refractivity contribution in [3.05, 3.63) is 18.2 Å². The molecule has 1 N–H and O–H groups in total. The van der Waals surface area contributed by atoms with E-state index in [2.05, 4.69) is 23.2 Å². The van der Waals surface area contributed by atoms with Crippen molar-refractivity contribution in [2.45, 2.75) is 6.92 Å². The number of ether oxygens (including phenoxy) is 1. The third-order valence-electron chi connectivity index (χ3n) is 2.07. The molecule has 0 aliphatic carbocycles. The molecule has 0 saturated heterocycles. The Bertz CT molecular complexity index is 297. The van der Waals surface area contributed by atoms with Gasteiger partial charge in [0.2, 0.25) is 0 Å². The van der Waals surface area contributed by atoms with Crippen LogP contribution in [0.1, 0.15) is 6.92 Å². The Balaban J connectivity index is 3.01. The highest BCUT2D eigenvalue weighted by molar-refractivity contribution is 5.65. The van der Waals surface area contributed by atoms with Gasteiger partial charge in [0.25, 0.3) is 0 Å².